The summed E-state index contributed by atoms with van der Waals surface area (Å²) in [5.74, 6) is 2.71. The van der Waals surface area contributed by atoms with Crippen molar-refractivity contribution in [2.75, 3.05) is 13.2 Å². The Balaban J connectivity index is 1.28. The van der Waals surface area contributed by atoms with Crippen LogP contribution in [0.3, 0.4) is 0 Å². The zero-order valence-electron chi connectivity index (χ0n) is 19.4. The fraction of sp³-hybridized carbons (Fsp3) is 0.481. The molecule has 1 heterocycles. The number of amides is 1. The summed E-state index contributed by atoms with van der Waals surface area (Å²) in [5, 5.41) is 3.06. The largest absolute Gasteiger partial charge is 0.493 e. The van der Waals surface area contributed by atoms with Gasteiger partial charge in [0.05, 0.1) is 17.6 Å². The number of imidazole rings is 1. The van der Waals surface area contributed by atoms with Crippen LogP contribution in [0.15, 0.2) is 42.5 Å². The van der Waals surface area contributed by atoms with Gasteiger partial charge in [-0.25, -0.2) is 4.98 Å². The lowest BCUT2D eigenvalue weighted by Gasteiger charge is -2.13. The van der Waals surface area contributed by atoms with Gasteiger partial charge in [-0.1, -0.05) is 36.8 Å². The van der Waals surface area contributed by atoms with E-state index < -0.39 is 0 Å². The predicted octanol–water partition coefficient (Wildman–Crippen LogP) is 5.36. The maximum Gasteiger partial charge on any atom is 0.223 e. The van der Waals surface area contributed by atoms with E-state index in [9.17, 15) is 4.79 Å². The molecule has 0 saturated heterocycles. The number of hydrogen-bond acceptors (Lipinski definition) is 3. The first kappa shape index (κ1) is 22.4. The maximum atomic E-state index is 11.7. The molecule has 1 aliphatic rings. The summed E-state index contributed by atoms with van der Waals surface area (Å²) >= 11 is 0. The Labute approximate surface area is 191 Å². The molecule has 32 heavy (non-hydrogen) atoms. The molecular weight excluding hydrogens is 398 g/mol. The second-order valence-electron chi connectivity index (χ2n) is 8.97. The van der Waals surface area contributed by atoms with Gasteiger partial charge in [-0.05, 0) is 69.2 Å². The molecule has 0 spiro atoms. The lowest BCUT2D eigenvalue weighted by atomic mass is 10.1. The van der Waals surface area contributed by atoms with Gasteiger partial charge >= 0.3 is 0 Å². The summed E-state index contributed by atoms with van der Waals surface area (Å²) < 4.78 is 8.47. The van der Waals surface area contributed by atoms with E-state index in [1.54, 1.807) is 0 Å². The molecule has 5 heteroatoms. The SMILES string of the molecule is Cc1cccc(C)c1OCCCn1c(CCCCCNC(=O)C2CC2)nc2ccccc21. The first-order valence-electron chi connectivity index (χ1n) is 12.0. The first-order valence-corrected chi connectivity index (χ1v) is 12.0. The van der Waals surface area contributed by atoms with Crippen molar-refractivity contribution in [2.45, 2.75) is 65.3 Å². The molecule has 1 aromatic heterocycles. The van der Waals surface area contributed by atoms with E-state index in [1.807, 2.05) is 0 Å². The zero-order valence-corrected chi connectivity index (χ0v) is 19.4. The van der Waals surface area contributed by atoms with Crippen LogP contribution in [0.1, 0.15) is 55.5 Å². The standard InChI is InChI=1S/C27H35N3O2/c1-20-10-8-11-21(2)26(20)32-19-9-18-30-24-13-6-5-12-23(24)29-25(30)14-4-3-7-17-28-27(31)22-15-16-22/h5-6,8,10-13,22H,3-4,7,9,14-19H2,1-2H3,(H,28,31). The van der Waals surface area contributed by atoms with Crippen molar-refractivity contribution in [3.63, 3.8) is 0 Å². The van der Waals surface area contributed by atoms with Crippen LogP contribution in [0.5, 0.6) is 5.75 Å². The number of nitrogens with one attached hydrogen (secondary N) is 1. The van der Waals surface area contributed by atoms with Crippen LogP contribution in [0, 0.1) is 19.8 Å². The van der Waals surface area contributed by atoms with Gasteiger partial charge in [0.15, 0.2) is 0 Å². The molecule has 5 nitrogen and oxygen atoms in total. The van der Waals surface area contributed by atoms with Crippen LogP contribution in [-0.4, -0.2) is 28.6 Å². The predicted molar refractivity (Wildman–Crippen MR) is 129 cm³/mol. The van der Waals surface area contributed by atoms with Gasteiger partial charge in [0.1, 0.15) is 11.6 Å². The number of nitrogens with zero attached hydrogens (tertiary/aromatic N) is 2. The average molecular weight is 434 g/mol. The Hall–Kier alpha value is -2.82. The number of fused-ring (bicyclic) bond motifs is 1. The third-order valence-electron chi connectivity index (χ3n) is 6.24. The van der Waals surface area contributed by atoms with Crippen molar-refractivity contribution in [3.05, 3.63) is 59.4 Å². The molecule has 1 aliphatic carbocycles. The minimum atomic E-state index is 0.245. The van der Waals surface area contributed by atoms with E-state index in [0.717, 1.165) is 75.1 Å². The smallest absolute Gasteiger partial charge is 0.223 e. The molecule has 1 amide bonds. The Morgan fingerprint density at radius 2 is 1.81 bits per heavy atom. The molecule has 0 radical (unpaired) electrons. The van der Waals surface area contributed by atoms with Crippen LogP contribution < -0.4 is 10.1 Å². The van der Waals surface area contributed by atoms with Crippen molar-refractivity contribution in [1.82, 2.24) is 14.9 Å². The number of carbonyl (C=O) groups excluding carboxylic acids is 1. The zero-order chi connectivity index (χ0) is 22.3. The number of rotatable bonds is 12. The normalized spacial score (nSPS) is 13.4. The van der Waals surface area contributed by atoms with Crippen LogP contribution in [0.4, 0.5) is 0 Å². The average Bonchev–Trinajstić information content (AvgIpc) is 3.58. The number of hydrogen-bond donors (Lipinski definition) is 1. The fourth-order valence-corrected chi connectivity index (χ4v) is 4.28. The van der Waals surface area contributed by atoms with Gasteiger partial charge < -0.3 is 14.6 Å². The first-order chi connectivity index (χ1) is 15.6. The Kier molecular flexibility index (Phi) is 7.46. The van der Waals surface area contributed by atoms with E-state index in [1.165, 1.54) is 16.6 Å². The molecule has 1 saturated carbocycles. The summed E-state index contributed by atoms with van der Waals surface area (Å²) in [6.07, 6.45) is 7.25. The third-order valence-corrected chi connectivity index (χ3v) is 6.24. The molecule has 0 unspecified atom stereocenters. The number of benzene rings is 2. The van der Waals surface area contributed by atoms with Crippen LogP contribution in [0.25, 0.3) is 11.0 Å². The van der Waals surface area contributed by atoms with Crippen molar-refractivity contribution >= 4 is 16.9 Å². The molecule has 170 valence electrons. The molecule has 0 aliphatic heterocycles. The third kappa shape index (κ3) is 5.70. The van der Waals surface area contributed by atoms with Crippen molar-refractivity contribution in [1.29, 1.82) is 0 Å². The molecular formula is C27H35N3O2. The maximum absolute atomic E-state index is 11.7. The van der Waals surface area contributed by atoms with Crippen LogP contribution in [-0.2, 0) is 17.8 Å². The van der Waals surface area contributed by atoms with Crippen molar-refractivity contribution < 1.29 is 9.53 Å². The van der Waals surface area contributed by atoms with Gasteiger partial charge in [0.25, 0.3) is 0 Å². The highest BCUT2D eigenvalue weighted by molar-refractivity contribution is 5.80. The van der Waals surface area contributed by atoms with E-state index in [-0.39, 0.29) is 5.91 Å². The molecule has 1 N–H and O–H groups in total. The van der Waals surface area contributed by atoms with Crippen molar-refractivity contribution in [3.8, 4) is 5.75 Å². The molecule has 3 aromatic rings. The Morgan fingerprint density at radius 3 is 2.59 bits per heavy atom. The summed E-state index contributed by atoms with van der Waals surface area (Å²) in [6, 6.07) is 14.7. The molecule has 4 rings (SSSR count). The highest BCUT2D eigenvalue weighted by Crippen LogP contribution is 2.28. The highest BCUT2D eigenvalue weighted by Gasteiger charge is 2.28. The quantitative estimate of drug-likeness (QED) is 0.391. The second-order valence-corrected chi connectivity index (χ2v) is 8.97. The minimum Gasteiger partial charge on any atom is -0.493 e. The van der Waals surface area contributed by atoms with E-state index in [2.05, 4.69) is 66.2 Å². The van der Waals surface area contributed by atoms with E-state index >= 15 is 0 Å². The van der Waals surface area contributed by atoms with Gasteiger partial charge in [-0.3, -0.25) is 4.79 Å². The summed E-state index contributed by atoms with van der Waals surface area (Å²) in [4.78, 5) is 16.6. The fourth-order valence-electron chi connectivity index (χ4n) is 4.28. The highest BCUT2D eigenvalue weighted by atomic mass is 16.5. The monoisotopic (exact) mass is 433 g/mol. The van der Waals surface area contributed by atoms with E-state index in [0.29, 0.717) is 12.5 Å². The van der Waals surface area contributed by atoms with E-state index in [4.69, 9.17) is 9.72 Å². The van der Waals surface area contributed by atoms with Crippen LogP contribution in [0.2, 0.25) is 0 Å². The summed E-state index contributed by atoms with van der Waals surface area (Å²) in [5.41, 5.74) is 4.64. The lowest BCUT2D eigenvalue weighted by molar-refractivity contribution is -0.122. The second kappa shape index (κ2) is 10.7. The van der Waals surface area contributed by atoms with Gasteiger partial charge in [-0.15, -0.1) is 0 Å². The number of aryl methyl sites for hydroxylation is 4. The number of carbonyl (C=O) groups is 1. The number of unbranched alkanes of at least 4 members (excludes halogenated alkanes) is 2. The Bertz CT molecular complexity index is 1030. The topological polar surface area (TPSA) is 56.1 Å². The number of para-hydroxylation sites is 3. The van der Waals surface area contributed by atoms with Crippen LogP contribution >= 0.6 is 0 Å². The molecule has 2 aromatic carbocycles. The molecule has 1 fully saturated rings. The number of aromatic nitrogens is 2. The minimum absolute atomic E-state index is 0.245. The van der Waals surface area contributed by atoms with Gasteiger partial charge in [0, 0.05) is 25.4 Å². The summed E-state index contributed by atoms with van der Waals surface area (Å²) in [6.45, 7) is 6.58. The van der Waals surface area contributed by atoms with Gasteiger partial charge in [0.2, 0.25) is 5.91 Å². The number of ether oxygens (including phenoxy) is 1. The lowest BCUT2D eigenvalue weighted by Crippen LogP contribution is -2.25. The summed E-state index contributed by atoms with van der Waals surface area (Å²) in [7, 11) is 0. The Morgan fingerprint density at radius 1 is 1.03 bits per heavy atom. The molecule has 0 bridgehead atoms. The molecule has 0 atom stereocenters. The van der Waals surface area contributed by atoms with Crippen molar-refractivity contribution in [2.24, 2.45) is 5.92 Å². The van der Waals surface area contributed by atoms with Gasteiger partial charge in [-0.2, -0.15) is 0 Å².